The summed E-state index contributed by atoms with van der Waals surface area (Å²) in [6.07, 6.45) is 0. The number of rotatable bonds is 4. The quantitative estimate of drug-likeness (QED) is 0.165. The van der Waals surface area contributed by atoms with E-state index >= 15 is 8.42 Å². The lowest BCUT2D eigenvalue weighted by Crippen LogP contribution is -1.98. The van der Waals surface area contributed by atoms with Crippen molar-refractivity contribution in [2.45, 2.75) is 23.6 Å². The molecule has 0 fully saturated rings. The Labute approximate surface area is 377 Å². The van der Waals surface area contributed by atoms with Crippen LogP contribution < -0.4 is 0 Å². The number of hydrogen-bond acceptors (Lipinski definition) is 2. The van der Waals surface area contributed by atoms with E-state index in [2.05, 4.69) is 196 Å². The smallest absolute Gasteiger partial charge is 0.207 e. The molecule has 13 rings (SSSR count). The first-order valence-electron chi connectivity index (χ1n) is 22.2. The van der Waals surface area contributed by atoms with E-state index in [-0.39, 0.29) is 0 Å². The second kappa shape index (κ2) is 14.1. The Bertz CT molecular complexity index is 3780. The number of hydrogen-bond donors (Lipinski definition) is 0. The first kappa shape index (κ1) is 37.7. The second-order valence-corrected chi connectivity index (χ2v) is 19.6. The van der Waals surface area contributed by atoms with Crippen LogP contribution in [0.4, 0.5) is 0 Å². The molecule has 0 saturated heterocycles. The molecule has 0 radical (unpaired) electrons. The fourth-order valence-electron chi connectivity index (χ4n) is 10.9. The van der Waals surface area contributed by atoms with E-state index in [9.17, 15) is 0 Å². The minimum Gasteiger partial charge on any atom is -0.218 e. The average molecular weight is 849 g/mol. The van der Waals surface area contributed by atoms with Crippen LogP contribution in [0.3, 0.4) is 0 Å². The second-order valence-electron chi connectivity index (χ2n) is 17.7. The SMILES string of the molecule is Cc1ccc2cc(-c3c4ccccc4c(-c4ccc5c(c4)S(=O)(=O)c4cc(-c6c7ccccc7c(-c7ccc8cc(C)ccc8c7)c7ccccc67)ccc4-5)c4ccccc34)ccc2c1. The highest BCUT2D eigenvalue weighted by atomic mass is 32.2. The Hall–Kier alpha value is -7.85. The van der Waals surface area contributed by atoms with Crippen molar-refractivity contribution < 1.29 is 8.42 Å². The molecule has 3 heteroatoms. The molecule has 12 aromatic carbocycles. The van der Waals surface area contributed by atoms with Crippen molar-refractivity contribution in [1.29, 1.82) is 0 Å². The standard InChI is InChI=1S/C62H40O2S/c1-37-19-21-41-33-43(25-23-39(41)31-37)59-49-11-3-7-15-53(49)61(54-16-8-4-12-50(54)59)45-27-29-47-48-30-28-46(36-58(48)65(63,64)57(47)35-45)62-55-17-9-5-13-51(55)60(52-14-6-10-18-56(52)62)44-26-24-40-32-38(2)20-22-42(40)34-44/h3-36H,1-2H3. The predicted molar refractivity (Wildman–Crippen MR) is 274 cm³/mol. The van der Waals surface area contributed by atoms with Gasteiger partial charge in [-0.1, -0.05) is 193 Å². The topological polar surface area (TPSA) is 34.1 Å². The zero-order valence-electron chi connectivity index (χ0n) is 35.9. The minimum atomic E-state index is -3.89. The summed E-state index contributed by atoms with van der Waals surface area (Å²) in [7, 11) is -3.89. The number of benzene rings is 12. The van der Waals surface area contributed by atoms with Crippen LogP contribution in [0.2, 0.25) is 0 Å². The zero-order chi connectivity index (χ0) is 43.6. The fourth-order valence-corrected chi connectivity index (χ4v) is 12.6. The first-order valence-corrected chi connectivity index (χ1v) is 23.7. The normalized spacial score (nSPS) is 13.0. The molecule has 1 aliphatic heterocycles. The summed E-state index contributed by atoms with van der Waals surface area (Å²) in [5, 5.41) is 13.7. The van der Waals surface area contributed by atoms with Crippen molar-refractivity contribution in [3.05, 3.63) is 217 Å². The maximum absolute atomic E-state index is 15.0. The van der Waals surface area contributed by atoms with Crippen LogP contribution in [0.25, 0.3) is 120 Å². The number of aryl methyl sites for hydroxylation is 2. The molecule has 0 saturated carbocycles. The largest absolute Gasteiger partial charge is 0.218 e. The lowest BCUT2D eigenvalue weighted by atomic mass is 9.85. The van der Waals surface area contributed by atoms with E-state index in [1.807, 2.05) is 24.3 Å². The maximum Gasteiger partial charge on any atom is 0.207 e. The summed E-state index contributed by atoms with van der Waals surface area (Å²) in [5.41, 5.74) is 12.4. The van der Waals surface area contributed by atoms with Gasteiger partial charge in [-0.25, -0.2) is 8.42 Å². The summed E-state index contributed by atoms with van der Waals surface area (Å²) in [4.78, 5) is 0.696. The van der Waals surface area contributed by atoms with Gasteiger partial charge in [0, 0.05) is 11.1 Å². The summed E-state index contributed by atoms with van der Waals surface area (Å²) < 4.78 is 30.1. The van der Waals surface area contributed by atoms with Crippen LogP contribution in [0.15, 0.2) is 216 Å². The molecule has 0 atom stereocenters. The van der Waals surface area contributed by atoms with Gasteiger partial charge in [0.2, 0.25) is 9.84 Å². The van der Waals surface area contributed by atoms with E-state index in [0.717, 1.165) is 87.6 Å². The molecular formula is C62H40O2S. The van der Waals surface area contributed by atoms with Gasteiger partial charge in [-0.3, -0.25) is 0 Å². The monoisotopic (exact) mass is 848 g/mol. The minimum absolute atomic E-state index is 0.348. The van der Waals surface area contributed by atoms with Gasteiger partial charge in [-0.15, -0.1) is 0 Å². The Kier molecular flexibility index (Phi) is 8.16. The van der Waals surface area contributed by atoms with E-state index in [4.69, 9.17) is 0 Å². The fraction of sp³-hybridized carbons (Fsp3) is 0.0323. The van der Waals surface area contributed by atoms with Crippen molar-refractivity contribution in [3.8, 4) is 55.6 Å². The van der Waals surface area contributed by atoms with E-state index in [1.54, 1.807) is 0 Å². The molecular weight excluding hydrogens is 809 g/mol. The Morgan fingerprint density at radius 3 is 0.862 bits per heavy atom. The molecule has 0 spiro atoms. The van der Waals surface area contributed by atoms with Gasteiger partial charge >= 0.3 is 0 Å². The van der Waals surface area contributed by atoms with E-state index in [1.165, 1.54) is 43.8 Å². The molecule has 1 aliphatic rings. The molecule has 0 unspecified atom stereocenters. The third kappa shape index (κ3) is 5.69. The highest BCUT2D eigenvalue weighted by molar-refractivity contribution is 7.92. The van der Waals surface area contributed by atoms with Crippen molar-refractivity contribution in [2.75, 3.05) is 0 Å². The van der Waals surface area contributed by atoms with E-state index in [0.29, 0.717) is 9.79 Å². The summed E-state index contributed by atoms with van der Waals surface area (Å²) >= 11 is 0. The van der Waals surface area contributed by atoms with E-state index < -0.39 is 9.84 Å². The summed E-state index contributed by atoms with van der Waals surface area (Å²) in [6, 6.07) is 73.0. The zero-order valence-corrected chi connectivity index (χ0v) is 36.7. The van der Waals surface area contributed by atoms with Gasteiger partial charge < -0.3 is 0 Å². The lowest BCUT2D eigenvalue weighted by molar-refractivity contribution is 0.599. The summed E-state index contributed by atoms with van der Waals surface area (Å²) in [5.74, 6) is 0. The number of sulfone groups is 1. The Balaban J connectivity index is 0.967. The van der Waals surface area contributed by atoms with Crippen molar-refractivity contribution in [1.82, 2.24) is 0 Å². The maximum atomic E-state index is 15.0. The van der Waals surface area contributed by atoms with Crippen LogP contribution in [0.5, 0.6) is 0 Å². The molecule has 306 valence electrons. The first-order chi connectivity index (χ1) is 31.8. The highest BCUT2D eigenvalue weighted by Gasteiger charge is 2.34. The van der Waals surface area contributed by atoms with Crippen molar-refractivity contribution in [2.24, 2.45) is 0 Å². The predicted octanol–water partition coefficient (Wildman–Crippen LogP) is 16.7. The molecule has 65 heavy (non-hydrogen) atoms. The van der Waals surface area contributed by atoms with Gasteiger partial charge in [-0.05, 0) is 147 Å². The van der Waals surface area contributed by atoms with Crippen LogP contribution in [0, 0.1) is 13.8 Å². The van der Waals surface area contributed by atoms with Gasteiger partial charge in [0.05, 0.1) is 9.79 Å². The molecule has 2 nitrogen and oxygen atoms in total. The van der Waals surface area contributed by atoms with Crippen LogP contribution in [-0.2, 0) is 9.84 Å². The lowest BCUT2D eigenvalue weighted by Gasteiger charge is -2.18. The Morgan fingerprint density at radius 2 is 0.538 bits per heavy atom. The number of fused-ring (bicyclic) bond motifs is 9. The van der Waals surface area contributed by atoms with Crippen LogP contribution in [-0.4, -0.2) is 8.42 Å². The van der Waals surface area contributed by atoms with Gasteiger partial charge in [0.15, 0.2) is 0 Å². The molecule has 0 amide bonds. The molecule has 0 aliphatic carbocycles. The average Bonchev–Trinajstić information content (AvgIpc) is 3.56. The molecule has 0 aromatic heterocycles. The van der Waals surface area contributed by atoms with Crippen LogP contribution in [0.1, 0.15) is 11.1 Å². The molecule has 0 N–H and O–H groups in total. The third-order valence-electron chi connectivity index (χ3n) is 13.8. The highest BCUT2D eigenvalue weighted by Crippen LogP contribution is 2.51. The Morgan fingerprint density at radius 1 is 0.277 bits per heavy atom. The van der Waals surface area contributed by atoms with Gasteiger partial charge in [0.25, 0.3) is 0 Å². The van der Waals surface area contributed by atoms with Gasteiger partial charge in [-0.2, -0.15) is 0 Å². The molecule has 1 heterocycles. The molecule has 0 bridgehead atoms. The van der Waals surface area contributed by atoms with Gasteiger partial charge in [0.1, 0.15) is 0 Å². The third-order valence-corrected chi connectivity index (χ3v) is 15.7. The van der Waals surface area contributed by atoms with Crippen LogP contribution >= 0.6 is 0 Å². The molecule has 12 aromatic rings. The van der Waals surface area contributed by atoms with Crippen molar-refractivity contribution >= 4 is 74.5 Å². The van der Waals surface area contributed by atoms with Crippen molar-refractivity contribution in [3.63, 3.8) is 0 Å². The summed E-state index contributed by atoms with van der Waals surface area (Å²) in [6.45, 7) is 4.26.